The van der Waals surface area contributed by atoms with E-state index in [-0.39, 0.29) is 11.8 Å². The van der Waals surface area contributed by atoms with E-state index in [1.807, 2.05) is 0 Å². The number of nitrogens with one attached hydrogen (secondary N) is 1. The quantitative estimate of drug-likeness (QED) is 0.805. The number of nitrogens with zero attached hydrogens (tertiary/aromatic N) is 1. The van der Waals surface area contributed by atoms with E-state index in [0.29, 0.717) is 38.4 Å². The Morgan fingerprint density at radius 1 is 1.20 bits per heavy atom. The highest BCUT2D eigenvalue weighted by Gasteiger charge is 2.29. The molecule has 0 radical (unpaired) electrons. The second-order valence-corrected chi connectivity index (χ2v) is 7.72. The first-order valence-electron chi connectivity index (χ1n) is 7.27. The fourth-order valence-corrected chi connectivity index (χ4v) is 3.66. The van der Waals surface area contributed by atoms with Gasteiger partial charge in [-0.3, -0.25) is 4.79 Å². The van der Waals surface area contributed by atoms with Crippen LogP contribution in [0.3, 0.4) is 0 Å². The Kier molecular flexibility index (Phi) is 5.40. The lowest BCUT2D eigenvalue weighted by atomic mass is 9.96. The second-order valence-electron chi connectivity index (χ2n) is 5.74. The van der Waals surface area contributed by atoms with Gasteiger partial charge < -0.3 is 10.1 Å². The number of piperidine rings is 1. The molecule has 0 aliphatic carbocycles. The zero-order valence-electron chi connectivity index (χ0n) is 12.0. The summed E-state index contributed by atoms with van der Waals surface area (Å²) in [7, 11) is -3.12. The van der Waals surface area contributed by atoms with Gasteiger partial charge in [-0.1, -0.05) is 0 Å². The van der Waals surface area contributed by atoms with Crippen LogP contribution in [0.2, 0.25) is 0 Å². The Hall–Kier alpha value is -0.660. The Morgan fingerprint density at radius 2 is 1.80 bits per heavy atom. The Morgan fingerprint density at radius 3 is 2.35 bits per heavy atom. The number of sulfonamides is 1. The first kappa shape index (κ1) is 15.7. The van der Waals surface area contributed by atoms with Crippen LogP contribution in [0.1, 0.15) is 25.7 Å². The number of carbonyl (C=O) groups is 1. The normalized spacial score (nSPS) is 23.6. The van der Waals surface area contributed by atoms with E-state index in [1.165, 1.54) is 10.6 Å². The van der Waals surface area contributed by atoms with Crippen LogP contribution in [0.4, 0.5) is 0 Å². The molecule has 0 atom stereocenters. The molecule has 20 heavy (non-hydrogen) atoms. The van der Waals surface area contributed by atoms with Crippen molar-refractivity contribution in [3.05, 3.63) is 0 Å². The van der Waals surface area contributed by atoms with Crippen molar-refractivity contribution < 1.29 is 17.9 Å². The monoisotopic (exact) mass is 304 g/mol. The minimum atomic E-state index is -3.12. The number of amides is 1. The lowest BCUT2D eigenvalue weighted by Crippen LogP contribution is -2.43. The number of hydrogen-bond acceptors (Lipinski definition) is 4. The van der Waals surface area contributed by atoms with Crippen LogP contribution < -0.4 is 5.32 Å². The minimum absolute atomic E-state index is 0.0483. The number of ether oxygens (including phenoxy) is 1. The maximum atomic E-state index is 12.1. The van der Waals surface area contributed by atoms with E-state index in [0.717, 1.165) is 26.1 Å². The zero-order chi connectivity index (χ0) is 14.6. The molecule has 2 aliphatic rings. The van der Waals surface area contributed by atoms with Crippen molar-refractivity contribution >= 4 is 15.9 Å². The van der Waals surface area contributed by atoms with Crippen LogP contribution in [0.15, 0.2) is 0 Å². The van der Waals surface area contributed by atoms with Crippen LogP contribution in [-0.4, -0.2) is 57.7 Å². The highest BCUT2D eigenvalue weighted by atomic mass is 32.2. The maximum absolute atomic E-state index is 12.1. The summed E-state index contributed by atoms with van der Waals surface area (Å²) in [5, 5.41) is 3.01. The summed E-state index contributed by atoms with van der Waals surface area (Å²) >= 11 is 0. The molecule has 0 bridgehead atoms. The molecule has 1 N–H and O–H groups in total. The Bertz CT molecular complexity index is 424. The molecule has 0 aromatic heterocycles. The van der Waals surface area contributed by atoms with Crippen molar-refractivity contribution in [3.63, 3.8) is 0 Å². The van der Waals surface area contributed by atoms with Gasteiger partial charge >= 0.3 is 0 Å². The van der Waals surface area contributed by atoms with Crippen LogP contribution in [0.25, 0.3) is 0 Å². The van der Waals surface area contributed by atoms with E-state index in [1.54, 1.807) is 0 Å². The van der Waals surface area contributed by atoms with E-state index >= 15 is 0 Å². The van der Waals surface area contributed by atoms with Crippen LogP contribution >= 0.6 is 0 Å². The Balaban J connectivity index is 1.71. The van der Waals surface area contributed by atoms with Crippen LogP contribution in [-0.2, 0) is 19.6 Å². The van der Waals surface area contributed by atoms with Crippen molar-refractivity contribution in [2.75, 3.05) is 39.1 Å². The molecule has 6 nitrogen and oxygen atoms in total. The third-order valence-corrected chi connectivity index (χ3v) is 5.50. The molecule has 0 aromatic carbocycles. The van der Waals surface area contributed by atoms with Crippen molar-refractivity contribution in [1.29, 1.82) is 0 Å². The lowest BCUT2D eigenvalue weighted by molar-refractivity contribution is -0.126. The van der Waals surface area contributed by atoms with Crippen molar-refractivity contribution in [2.45, 2.75) is 25.7 Å². The van der Waals surface area contributed by atoms with E-state index in [9.17, 15) is 13.2 Å². The summed E-state index contributed by atoms with van der Waals surface area (Å²) in [4.78, 5) is 12.1. The van der Waals surface area contributed by atoms with Gasteiger partial charge in [0.05, 0.1) is 6.26 Å². The number of carbonyl (C=O) groups excluding carboxylic acids is 1. The molecule has 2 heterocycles. The standard InChI is InChI=1S/C13H24N2O4S/c1-20(17,18)15-6-2-12(3-7-15)13(16)14-10-11-4-8-19-9-5-11/h11-12H,2-10H2,1H3,(H,14,16). The van der Waals surface area contributed by atoms with Crippen molar-refractivity contribution in [1.82, 2.24) is 9.62 Å². The van der Waals surface area contributed by atoms with Crippen LogP contribution in [0, 0.1) is 11.8 Å². The molecule has 2 fully saturated rings. The van der Waals surface area contributed by atoms with Crippen LogP contribution in [0.5, 0.6) is 0 Å². The minimum Gasteiger partial charge on any atom is -0.381 e. The fraction of sp³-hybridized carbons (Fsp3) is 0.923. The Labute approximate surface area is 120 Å². The predicted octanol–water partition coefficient (Wildman–Crippen LogP) is 0.201. The largest absolute Gasteiger partial charge is 0.381 e. The summed E-state index contributed by atoms with van der Waals surface area (Å²) in [5.41, 5.74) is 0. The molecule has 0 aromatic rings. The average Bonchev–Trinajstić information content (AvgIpc) is 2.45. The zero-order valence-corrected chi connectivity index (χ0v) is 12.8. The third kappa shape index (κ3) is 4.43. The first-order valence-corrected chi connectivity index (χ1v) is 9.12. The summed E-state index contributed by atoms with van der Waals surface area (Å²) < 4.78 is 29.6. The third-order valence-electron chi connectivity index (χ3n) is 4.20. The SMILES string of the molecule is CS(=O)(=O)N1CCC(C(=O)NCC2CCOCC2)CC1. The summed E-state index contributed by atoms with van der Waals surface area (Å²) in [6.07, 6.45) is 4.47. The molecule has 2 rings (SSSR count). The average molecular weight is 304 g/mol. The molecular formula is C13H24N2O4S. The summed E-state index contributed by atoms with van der Waals surface area (Å²) in [5.74, 6) is 0.543. The van der Waals surface area contributed by atoms with E-state index < -0.39 is 10.0 Å². The van der Waals surface area contributed by atoms with Gasteiger partial charge in [-0.25, -0.2) is 12.7 Å². The van der Waals surface area contributed by atoms with Gasteiger partial charge in [0, 0.05) is 38.8 Å². The molecule has 7 heteroatoms. The second kappa shape index (κ2) is 6.87. The van der Waals surface area contributed by atoms with E-state index in [4.69, 9.17) is 4.74 Å². The van der Waals surface area contributed by atoms with Gasteiger partial charge in [-0.2, -0.15) is 0 Å². The molecule has 2 aliphatic heterocycles. The fourth-order valence-electron chi connectivity index (χ4n) is 2.79. The molecule has 2 saturated heterocycles. The molecule has 0 spiro atoms. The molecule has 0 unspecified atom stereocenters. The van der Waals surface area contributed by atoms with Gasteiger partial charge in [-0.15, -0.1) is 0 Å². The summed E-state index contributed by atoms with van der Waals surface area (Å²) in [6, 6.07) is 0. The maximum Gasteiger partial charge on any atom is 0.223 e. The first-order chi connectivity index (χ1) is 9.47. The molecule has 0 saturated carbocycles. The van der Waals surface area contributed by atoms with E-state index in [2.05, 4.69) is 5.32 Å². The van der Waals surface area contributed by atoms with Gasteiger partial charge in [0.2, 0.25) is 15.9 Å². The topological polar surface area (TPSA) is 75.7 Å². The molecule has 116 valence electrons. The molecular weight excluding hydrogens is 280 g/mol. The summed E-state index contributed by atoms with van der Waals surface area (Å²) in [6.45, 7) is 3.19. The number of hydrogen-bond donors (Lipinski definition) is 1. The molecule has 1 amide bonds. The van der Waals surface area contributed by atoms with Crippen molar-refractivity contribution in [2.24, 2.45) is 11.8 Å². The number of rotatable bonds is 4. The smallest absolute Gasteiger partial charge is 0.223 e. The van der Waals surface area contributed by atoms with Gasteiger partial charge in [-0.05, 0) is 31.6 Å². The van der Waals surface area contributed by atoms with Crippen molar-refractivity contribution in [3.8, 4) is 0 Å². The lowest BCUT2D eigenvalue weighted by Gasteiger charge is -2.30. The predicted molar refractivity (Wildman–Crippen MR) is 75.7 cm³/mol. The van der Waals surface area contributed by atoms with Gasteiger partial charge in [0.25, 0.3) is 0 Å². The highest BCUT2D eigenvalue weighted by Crippen LogP contribution is 2.20. The van der Waals surface area contributed by atoms with Gasteiger partial charge in [0.1, 0.15) is 0 Å². The highest BCUT2D eigenvalue weighted by molar-refractivity contribution is 7.88. The van der Waals surface area contributed by atoms with Gasteiger partial charge in [0.15, 0.2) is 0 Å².